The number of halogens is 1. The average molecular weight is 289 g/mol. The number of hydrogen-bond donors (Lipinski definition) is 2. The van der Waals surface area contributed by atoms with Gasteiger partial charge in [0, 0.05) is 19.9 Å². The largest absolute Gasteiger partial charge is 0.389 e. The van der Waals surface area contributed by atoms with Crippen molar-refractivity contribution in [1.29, 1.82) is 0 Å². The van der Waals surface area contributed by atoms with Crippen molar-refractivity contribution < 1.29 is 14.6 Å². The summed E-state index contributed by atoms with van der Waals surface area (Å²) in [5.74, 6) is -0.268. The van der Waals surface area contributed by atoms with Crippen LogP contribution in [0.3, 0.4) is 0 Å². The van der Waals surface area contributed by atoms with E-state index in [1.165, 1.54) is 13.3 Å². The molecule has 0 fully saturated rings. The molecule has 88 valence electrons. The molecule has 0 aliphatic rings. The van der Waals surface area contributed by atoms with Crippen molar-refractivity contribution in [2.75, 3.05) is 20.3 Å². The molecule has 0 aliphatic carbocycles. The fraction of sp³-hybridized carbons (Fsp3) is 0.400. The van der Waals surface area contributed by atoms with E-state index >= 15 is 0 Å². The first-order valence-corrected chi connectivity index (χ1v) is 5.49. The Hall–Kier alpha value is -0.980. The molecule has 0 bridgehead atoms. The van der Waals surface area contributed by atoms with Gasteiger partial charge in [-0.25, -0.2) is 4.98 Å². The van der Waals surface area contributed by atoms with Gasteiger partial charge in [-0.05, 0) is 28.1 Å². The van der Waals surface area contributed by atoms with E-state index in [1.807, 2.05) is 0 Å². The SMILES string of the molecule is COCC(O)CNC(=O)c1ccc(Br)nc1. The molecular weight excluding hydrogens is 276 g/mol. The summed E-state index contributed by atoms with van der Waals surface area (Å²) in [4.78, 5) is 15.5. The monoisotopic (exact) mass is 288 g/mol. The van der Waals surface area contributed by atoms with Crippen molar-refractivity contribution in [2.45, 2.75) is 6.10 Å². The lowest BCUT2D eigenvalue weighted by molar-refractivity contribution is 0.0609. The van der Waals surface area contributed by atoms with Crippen molar-refractivity contribution in [1.82, 2.24) is 10.3 Å². The number of aromatic nitrogens is 1. The molecular formula is C10H13BrN2O3. The maximum absolute atomic E-state index is 11.5. The van der Waals surface area contributed by atoms with E-state index in [2.05, 4.69) is 26.2 Å². The zero-order valence-corrected chi connectivity index (χ0v) is 10.4. The Morgan fingerprint density at radius 3 is 3.00 bits per heavy atom. The van der Waals surface area contributed by atoms with Gasteiger partial charge in [-0.3, -0.25) is 4.79 Å². The summed E-state index contributed by atoms with van der Waals surface area (Å²) in [6.45, 7) is 0.349. The zero-order valence-electron chi connectivity index (χ0n) is 8.81. The highest BCUT2D eigenvalue weighted by molar-refractivity contribution is 9.10. The minimum Gasteiger partial charge on any atom is -0.389 e. The number of carbonyl (C=O) groups is 1. The third kappa shape index (κ3) is 4.26. The fourth-order valence-corrected chi connectivity index (χ4v) is 1.31. The second-order valence-corrected chi connectivity index (χ2v) is 4.00. The van der Waals surface area contributed by atoms with Gasteiger partial charge in [-0.1, -0.05) is 0 Å². The van der Waals surface area contributed by atoms with Crippen LogP contribution in [0.15, 0.2) is 22.9 Å². The molecule has 0 spiro atoms. The summed E-state index contributed by atoms with van der Waals surface area (Å²) >= 11 is 3.18. The van der Waals surface area contributed by atoms with E-state index < -0.39 is 6.10 Å². The van der Waals surface area contributed by atoms with Crippen LogP contribution < -0.4 is 5.32 Å². The predicted octanol–water partition coefficient (Wildman–Crippen LogP) is 0.581. The van der Waals surface area contributed by atoms with E-state index in [-0.39, 0.29) is 19.1 Å². The molecule has 1 rings (SSSR count). The molecule has 0 saturated heterocycles. The minimum atomic E-state index is -0.697. The second-order valence-electron chi connectivity index (χ2n) is 3.19. The number of carbonyl (C=O) groups excluding carboxylic acids is 1. The Balaban J connectivity index is 2.43. The Morgan fingerprint density at radius 1 is 1.69 bits per heavy atom. The van der Waals surface area contributed by atoms with Gasteiger partial charge >= 0.3 is 0 Å². The normalized spacial score (nSPS) is 12.2. The molecule has 1 atom stereocenters. The summed E-state index contributed by atoms with van der Waals surface area (Å²) in [6.07, 6.45) is 0.764. The third-order valence-corrected chi connectivity index (χ3v) is 2.32. The number of rotatable bonds is 5. The topological polar surface area (TPSA) is 71.5 Å². The van der Waals surface area contributed by atoms with Crippen LogP contribution >= 0.6 is 15.9 Å². The van der Waals surface area contributed by atoms with Crippen LogP contribution in [-0.2, 0) is 4.74 Å². The van der Waals surface area contributed by atoms with E-state index in [1.54, 1.807) is 12.1 Å². The summed E-state index contributed by atoms with van der Waals surface area (Å²) in [5.41, 5.74) is 0.452. The summed E-state index contributed by atoms with van der Waals surface area (Å²) in [5, 5.41) is 11.9. The van der Waals surface area contributed by atoms with Crippen LogP contribution in [0.25, 0.3) is 0 Å². The number of ether oxygens (including phenoxy) is 1. The lowest BCUT2D eigenvalue weighted by Crippen LogP contribution is -2.34. The Labute approximate surface area is 102 Å². The number of amides is 1. The summed E-state index contributed by atoms with van der Waals surface area (Å²) in [6, 6.07) is 3.33. The first-order valence-electron chi connectivity index (χ1n) is 4.70. The number of methoxy groups -OCH3 is 1. The molecule has 2 N–H and O–H groups in total. The predicted molar refractivity (Wildman–Crippen MR) is 62.2 cm³/mol. The van der Waals surface area contributed by atoms with Crippen molar-refractivity contribution in [3.63, 3.8) is 0 Å². The summed E-state index contributed by atoms with van der Waals surface area (Å²) in [7, 11) is 1.49. The van der Waals surface area contributed by atoms with Gasteiger partial charge in [0.15, 0.2) is 0 Å². The molecule has 0 aliphatic heterocycles. The van der Waals surface area contributed by atoms with Gasteiger partial charge in [0.05, 0.1) is 18.3 Å². The van der Waals surface area contributed by atoms with Crippen LogP contribution in [0.1, 0.15) is 10.4 Å². The number of hydrogen-bond acceptors (Lipinski definition) is 4. The van der Waals surface area contributed by atoms with Crippen LogP contribution in [0.4, 0.5) is 0 Å². The molecule has 16 heavy (non-hydrogen) atoms. The van der Waals surface area contributed by atoms with Crippen LogP contribution in [0, 0.1) is 0 Å². The standard InChI is InChI=1S/C10H13BrN2O3/c1-16-6-8(14)5-13-10(15)7-2-3-9(11)12-4-7/h2-4,8,14H,5-6H2,1H3,(H,13,15). The molecule has 0 aromatic carbocycles. The zero-order chi connectivity index (χ0) is 12.0. The van der Waals surface area contributed by atoms with Crippen molar-refractivity contribution in [2.24, 2.45) is 0 Å². The van der Waals surface area contributed by atoms with Crippen LogP contribution in [-0.4, -0.2) is 42.4 Å². The maximum Gasteiger partial charge on any atom is 0.252 e. The molecule has 0 radical (unpaired) electrons. The lowest BCUT2D eigenvalue weighted by atomic mass is 10.2. The maximum atomic E-state index is 11.5. The van der Waals surface area contributed by atoms with Gasteiger partial charge in [-0.15, -0.1) is 0 Å². The fourth-order valence-electron chi connectivity index (χ4n) is 1.07. The Kier molecular flexibility index (Phi) is 5.37. The highest BCUT2D eigenvalue weighted by Crippen LogP contribution is 2.05. The van der Waals surface area contributed by atoms with E-state index in [0.717, 1.165) is 0 Å². The molecule has 5 nitrogen and oxygen atoms in total. The molecule has 6 heteroatoms. The van der Waals surface area contributed by atoms with E-state index in [0.29, 0.717) is 10.2 Å². The van der Waals surface area contributed by atoms with Crippen molar-refractivity contribution in [3.05, 3.63) is 28.5 Å². The Morgan fingerprint density at radius 2 is 2.44 bits per heavy atom. The molecule has 1 aromatic rings. The quantitative estimate of drug-likeness (QED) is 0.778. The molecule has 0 saturated carbocycles. The van der Waals surface area contributed by atoms with Crippen LogP contribution in [0.2, 0.25) is 0 Å². The van der Waals surface area contributed by atoms with Gasteiger partial charge in [-0.2, -0.15) is 0 Å². The van der Waals surface area contributed by atoms with Gasteiger partial charge in [0.1, 0.15) is 4.60 Å². The third-order valence-electron chi connectivity index (χ3n) is 1.85. The lowest BCUT2D eigenvalue weighted by Gasteiger charge is -2.10. The molecule has 1 unspecified atom stereocenters. The van der Waals surface area contributed by atoms with Gasteiger partial charge in [0.25, 0.3) is 5.91 Å². The van der Waals surface area contributed by atoms with E-state index in [9.17, 15) is 9.90 Å². The molecule has 1 heterocycles. The van der Waals surface area contributed by atoms with Gasteiger partial charge < -0.3 is 15.2 Å². The number of nitrogens with one attached hydrogen (secondary N) is 1. The molecule has 1 aromatic heterocycles. The highest BCUT2D eigenvalue weighted by Gasteiger charge is 2.08. The highest BCUT2D eigenvalue weighted by atomic mass is 79.9. The smallest absolute Gasteiger partial charge is 0.252 e. The number of aliphatic hydroxyl groups is 1. The first kappa shape index (κ1) is 13.1. The van der Waals surface area contributed by atoms with Gasteiger partial charge in [0.2, 0.25) is 0 Å². The first-order chi connectivity index (χ1) is 7.63. The molecule has 1 amide bonds. The summed E-state index contributed by atoms with van der Waals surface area (Å²) < 4.78 is 5.41. The number of aliphatic hydroxyl groups excluding tert-OH is 1. The van der Waals surface area contributed by atoms with Crippen molar-refractivity contribution >= 4 is 21.8 Å². The minimum absolute atomic E-state index is 0.155. The van der Waals surface area contributed by atoms with E-state index in [4.69, 9.17) is 4.74 Å². The number of pyridine rings is 1. The average Bonchev–Trinajstić information content (AvgIpc) is 2.27. The number of nitrogens with zero attached hydrogens (tertiary/aromatic N) is 1. The van der Waals surface area contributed by atoms with Crippen LogP contribution in [0.5, 0.6) is 0 Å². The Bertz CT molecular complexity index is 342. The second kappa shape index (κ2) is 6.57. The van der Waals surface area contributed by atoms with Crippen molar-refractivity contribution in [3.8, 4) is 0 Å².